The van der Waals surface area contributed by atoms with Crippen molar-refractivity contribution in [1.29, 1.82) is 0 Å². The van der Waals surface area contributed by atoms with Crippen molar-refractivity contribution < 1.29 is 5.82 Å². The predicted molar refractivity (Wildman–Crippen MR) is 52.7 cm³/mol. The van der Waals surface area contributed by atoms with Crippen molar-refractivity contribution in [2.24, 2.45) is 5.41 Å². The molecule has 0 atom stereocenters. The van der Waals surface area contributed by atoms with Crippen LogP contribution in [0.1, 0.15) is 56.3 Å². The lowest BCUT2D eigenvalue weighted by molar-refractivity contribution is 0.139. The van der Waals surface area contributed by atoms with Gasteiger partial charge in [-0.1, -0.05) is 34.6 Å². The van der Waals surface area contributed by atoms with Crippen molar-refractivity contribution in [3.63, 3.8) is 0 Å². The van der Waals surface area contributed by atoms with Gasteiger partial charge in [-0.2, -0.15) is 0 Å². The monoisotopic (exact) mass is 164 g/mol. The van der Waals surface area contributed by atoms with E-state index in [4.69, 9.17) is 0 Å². The summed E-state index contributed by atoms with van der Waals surface area (Å²) in [5, 5.41) is 0. The molecule has 0 fully saturated rings. The number of hydrogen-bond donors (Lipinski definition) is 0. The van der Waals surface area contributed by atoms with Crippen molar-refractivity contribution in [3.05, 3.63) is 0 Å². The van der Waals surface area contributed by atoms with Crippen LogP contribution in [0.5, 0.6) is 0 Å². The quantitative estimate of drug-likeness (QED) is 0.537. The summed E-state index contributed by atoms with van der Waals surface area (Å²) in [4.78, 5) is 0. The molecule has 0 heterocycles. The normalized spacial score (nSPS) is 12.0. The standard InChI is InChI=1S/C8H17F.C2H6.H2/c1-7(2,3)6-8(4,5)9;1-2;/h6H2,1-5H3;1-2H3;1H. The highest BCUT2D eigenvalue weighted by molar-refractivity contribution is 4.74. The molecular formula is C10H25F. The Bertz CT molecular complexity index is 75.0. The molecule has 0 spiro atoms. The van der Waals surface area contributed by atoms with Crippen molar-refractivity contribution in [2.75, 3.05) is 0 Å². The van der Waals surface area contributed by atoms with Crippen LogP contribution in [0.2, 0.25) is 0 Å². The van der Waals surface area contributed by atoms with Gasteiger partial charge in [0, 0.05) is 1.43 Å². The van der Waals surface area contributed by atoms with Crippen LogP contribution >= 0.6 is 0 Å². The van der Waals surface area contributed by atoms with E-state index in [0.717, 1.165) is 0 Å². The summed E-state index contributed by atoms with van der Waals surface area (Å²) < 4.78 is 12.9. The van der Waals surface area contributed by atoms with Crippen molar-refractivity contribution in [3.8, 4) is 0 Å². The van der Waals surface area contributed by atoms with Gasteiger partial charge >= 0.3 is 0 Å². The molecule has 0 bridgehead atoms. The summed E-state index contributed by atoms with van der Waals surface area (Å²) in [6.45, 7) is 13.4. The average Bonchev–Trinajstić information content (AvgIpc) is 1.60. The molecule has 0 aliphatic rings. The van der Waals surface area contributed by atoms with Gasteiger partial charge in [-0.25, -0.2) is 4.39 Å². The van der Waals surface area contributed by atoms with Crippen LogP contribution in [-0.4, -0.2) is 5.67 Å². The summed E-state index contributed by atoms with van der Waals surface area (Å²) in [7, 11) is 0. The number of hydrogen-bond acceptors (Lipinski definition) is 0. The van der Waals surface area contributed by atoms with Gasteiger partial charge in [0.25, 0.3) is 0 Å². The summed E-state index contributed by atoms with van der Waals surface area (Å²) in [5.41, 5.74) is -0.906. The molecular weight excluding hydrogens is 139 g/mol. The highest BCUT2D eigenvalue weighted by Crippen LogP contribution is 2.28. The topological polar surface area (TPSA) is 0 Å². The van der Waals surface area contributed by atoms with Crippen molar-refractivity contribution in [1.82, 2.24) is 0 Å². The minimum Gasteiger partial charge on any atom is -0.244 e. The first-order valence-electron chi connectivity index (χ1n) is 4.40. The third-order valence-electron chi connectivity index (χ3n) is 0.951. The Hall–Kier alpha value is -0.0700. The van der Waals surface area contributed by atoms with E-state index in [-0.39, 0.29) is 6.84 Å². The molecule has 0 saturated carbocycles. The highest BCUT2D eigenvalue weighted by Gasteiger charge is 2.23. The first-order chi connectivity index (χ1) is 4.71. The maximum Gasteiger partial charge on any atom is 0.106 e. The van der Waals surface area contributed by atoms with Crippen molar-refractivity contribution in [2.45, 2.75) is 60.6 Å². The molecule has 0 aliphatic carbocycles. The molecule has 0 aromatic carbocycles. The minimum absolute atomic E-state index is 0. The van der Waals surface area contributed by atoms with Crippen LogP contribution in [0, 0.1) is 5.41 Å². The van der Waals surface area contributed by atoms with Crippen LogP contribution in [0.25, 0.3) is 0 Å². The van der Waals surface area contributed by atoms with E-state index in [1.54, 1.807) is 13.8 Å². The largest absolute Gasteiger partial charge is 0.244 e. The van der Waals surface area contributed by atoms with Gasteiger partial charge < -0.3 is 0 Å². The molecule has 1 heteroatoms. The zero-order chi connectivity index (χ0) is 9.71. The molecule has 0 rings (SSSR count). The third-order valence-corrected chi connectivity index (χ3v) is 0.951. The number of halogens is 1. The highest BCUT2D eigenvalue weighted by atomic mass is 19.1. The maximum atomic E-state index is 12.9. The number of alkyl halides is 1. The van der Waals surface area contributed by atoms with Gasteiger partial charge in [-0.15, -0.1) is 0 Å². The SMILES string of the molecule is CC.CC(C)(C)CC(C)(C)F.[HH]. The van der Waals surface area contributed by atoms with Crippen LogP contribution < -0.4 is 0 Å². The molecule has 0 aliphatic heterocycles. The molecule has 72 valence electrons. The lowest BCUT2D eigenvalue weighted by Gasteiger charge is -2.25. The van der Waals surface area contributed by atoms with Crippen LogP contribution in [0.4, 0.5) is 4.39 Å². The van der Waals surface area contributed by atoms with Gasteiger partial charge in [0.2, 0.25) is 0 Å². The zero-order valence-electron chi connectivity index (χ0n) is 9.09. The van der Waals surface area contributed by atoms with E-state index in [1.165, 1.54) is 0 Å². The fraction of sp³-hybridized carbons (Fsp3) is 1.00. The van der Waals surface area contributed by atoms with E-state index in [9.17, 15) is 4.39 Å². The Morgan fingerprint density at radius 1 is 1.00 bits per heavy atom. The fourth-order valence-electron chi connectivity index (χ4n) is 1.26. The van der Waals surface area contributed by atoms with Crippen LogP contribution in [0.3, 0.4) is 0 Å². The summed E-state index contributed by atoms with van der Waals surface area (Å²) in [5.74, 6) is 0. The van der Waals surface area contributed by atoms with E-state index in [1.807, 2.05) is 34.6 Å². The molecule has 0 amide bonds. The lowest BCUT2D eigenvalue weighted by Crippen LogP contribution is -2.21. The molecule has 0 unspecified atom stereocenters. The van der Waals surface area contributed by atoms with Crippen LogP contribution in [-0.2, 0) is 0 Å². The minimum atomic E-state index is -1.02. The Morgan fingerprint density at radius 2 is 1.27 bits per heavy atom. The van der Waals surface area contributed by atoms with E-state index >= 15 is 0 Å². The first-order valence-corrected chi connectivity index (χ1v) is 4.40. The lowest BCUT2D eigenvalue weighted by atomic mass is 9.85. The fourth-order valence-corrected chi connectivity index (χ4v) is 1.26. The second-order valence-corrected chi connectivity index (χ2v) is 4.46. The van der Waals surface area contributed by atoms with Gasteiger partial charge in [0.15, 0.2) is 0 Å². The Kier molecular flexibility index (Phi) is 5.82. The smallest absolute Gasteiger partial charge is 0.106 e. The van der Waals surface area contributed by atoms with Gasteiger partial charge in [-0.05, 0) is 25.7 Å². The molecule has 0 nitrogen and oxygen atoms in total. The third kappa shape index (κ3) is 17.8. The van der Waals surface area contributed by atoms with E-state index in [2.05, 4.69) is 0 Å². The van der Waals surface area contributed by atoms with Gasteiger partial charge in [0.1, 0.15) is 5.67 Å². The summed E-state index contributed by atoms with van der Waals surface area (Å²) in [6.07, 6.45) is 0.625. The Morgan fingerprint density at radius 3 is 1.27 bits per heavy atom. The Balaban J connectivity index is -0.000000249. The zero-order valence-corrected chi connectivity index (χ0v) is 9.09. The molecule has 0 radical (unpaired) electrons. The molecule has 0 aromatic heterocycles. The molecule has 0 saturated heterocycles. The van der Waals surface area contributed by atoms with Gasteiger partial charge in [-0.3, -0.25) is 0 Å². The molecule has 11 heavy (non-hydrogen) atoms. The van der Waals surface area contributed by atoms with Crippen molar-refractivity contribution >= 4 is 0 Å². The van der Waals surface area contributed by atoms with E-state index < -0.39 is 5.67 Å². The molecule has 0 aromatic rings. The second kappa shape index (κ2) is 4.74. The predicted octanol–water partition coefficient (Wildman–Crippen LogP) is 4.44. The average molecular weight is 164 g/mol. The van der Waals surface area contributed by atoms with Gasteiger partial charge in [0.05, 0.1) is 0 Å². The van der Waals surface area contributed by atoms with E-state index in [0.29, 0.717) is 6.42 Å². The molecule has 0 N–H and O–H groups in total. The summed E-state index contributed by atoms with van der Waals surface area (Å²) in [6, 6.07) is 0. The van der Waals surface area contributed by atoms with Crippen LogP contribution in [0.15, 0.2) is 0 Å². The number of rotatable bonds is 1. The second-order valence-electron chi connectivity index (χ2n) is 4.46. The summed E-state index contributed by atoms with van der Waals surface area (Å²) >= 11 is 0. The Labute approximate surface area is 72.7 Å². The maximum absolute atomic E-state index is 12.9. The first kappa shape index (κ1) is 13.5.